The monoisotopic (exact) mass is 179 g/mol. The molecule has 2 nitrogen and oxygen atoms in total. The smallest absolute Gasteiger partial charge is 0.0950 e. The minimum atomic E-state index is 0.464. The van der Waals surface area contributed by atoms with Crippen LogP contribution >= 0.6 is 0 Å². The highest BCUT2D eigenvalue weighted by Gasteiger charge is 2.33. The van der Waals surface area contributed by atoms with Crippen LogP contribution in [0.3, 0.4) is 0 Å². The van der Waals surface area contributed by atoms with Gasteiger partial charge >= 0.3 is 0 Å². The van der Waals surface area contributed by atoms with E-state index in [2.05, 4.69) is 18.3 Å². The highest BCUT2D eigenvalue weighted by atomic mass is 16.3. The van der Waals surface area contributed by atoms with E-state index in [4.69, 9.17) is 4.42 Å². The van der Waals surface area contributed by atoms with Crippen LogP contribution < -0.4 is 5.32 Å². The van der Waals surface area contributed by atoms with Gasteiger partial charge in [0.1, 0.15) is 0 Å². The molecule has 0 aliphatic heterocycles. The summed E-state index contributed by atoms with van der Waals surface area (Å²) < 4.78 is 5.11. The van der Waals surface area contributed by atoms with Crippen LogP contribution in [-0.2, 0) is 0 Å². The van der Waals surface area contributed by atoms with E-state index in [0.717, 1.165) is 11.8 Å². The Hall–Kier alpha value is -0.760. The number of nitrogens with one attached hydrogen (secondary N) is 1. The summed E-state index contributed by atoms with van der Waals surface area (Å²) in [6.07, 6.45) is 6.40. The molecular weight excluding hydrogens is 162 g/mol. The van der Waals surface area contributed by atoms with Gasteiger partial charge in [0.15, 0.2) is 0 Å². The Kier molecular flexibility index (Phi) is 2.40. The number of rotatable bonds is 4. The van der Waals surface area contributed by atoms with E-state index in [1.54, 1.807) is 6.26 Å². The van der Waals surface area contributed by atoms with Gasteiger partial charge in [0, 0.05) is 11.6 Å². The van der Waals surface area contributed by atoms with Crippen LogP contribution in [0.25, 0.3) is 0 Å². The van der Waals surface area contributed by atoms with E-state index in [1.807, 2.05) is 13.3 Å². The summed E-state index contributed by atoms with van der Waals surface area (Å²) in [5, 5.41) is 3.37. The predicted molar refractivity (Wildman–Crippen MR) is 52.4 cm³/mol. The second-order valence-corrected chi connectivity index (χ2v) is 4.02. The van der Waals surface area contributed by atoms with Crippen molar-refractivity contribution in [3.63, 3.8) is 0 Å². The Morgan fingerprint density at radius 2 is 2.31 bits per heavy atom. The van der Waals surface area contributed by atoms with Gasteiger partial charge in [-0.05, 0) is 37.8 Å². The first-order valence-corrected chi connectivity index (χ1v) is 5.02. The van der Waals surface area contributed by atoms with E-state index >= 15 is 0 Å². The molecule has 1 N–H and O–H groups in total. The Morgan fingerprint density at radius 1 is 1.54 bits per heavy atom. The van der Waals surface area contributed by atoms with Crippen LogP contribution in [0.1, 0.15) is 31.4 Å². The molecule has 1 aliphatic carbocycles. The molecule has 1 fully saturated rings. The Morgan fingerprint density at radius 3 is 2.77 bits per heavy atom. The van der Waals surface area contributed by atoms with Gasteiger partial charge in [-0.3, -0.25) is 0 Å². The Bertz CT molecular complexity index is 251. The van der Waals surface area contributed by atoms with Gasteiger partial charge in [0.05, 0.1) is 12.5 Å². The third kappa shape index (κ3) is 1.78. The molecule has 2 heteroatoms. The van der Waals surface area contributed by atoms with Crippen LogP contribution in [0.2, 0.25) is 0 Å². The molecule has 1 heterocycles. The van der Waals surface area contributed by atoms with Crippen LogP contribution in [0.4, 0.5) is 0 Å². The van der Waals surface area contributed by atoms with Crippen molar-refractivity contribution >= 4 is 0 Å². The van der Waals surface area contributed by atoms with Gasteiger partial charge in [0.25, 0.3) is 0 Å². The van der Waals surface area contributed by atoms with Crippen molar-refractivity contribution in [1.29, 1.82) is 0 Å². The molecule has 2 rings (SSSR count). The lowest BCUT2D eigenvalue weighted by atomic mass is 9.92. The summed E-state index contributed by atoms with van der Waals surface area (Å²) in [5.74, 6) is 1.65. The van der Waals surface area contributed by atoms with Crippen molar-refractivity contribution in [3.05, 3.63) is 24.2 Å². The maximum atomic E-state index is 5.11. The Balaban J connectivity index is 2.08. The summed E-state index contributed by atoms with van der Waals surface area (Å²) in [6.45, 7) is 2.33. The van der Waals surface area contributed by atoms with E-state index in [1.165, 1.54) is 18.4 Å². The first-order valence-electron chi connectivity index (χ1n) is 5.02. The van der Waals surface area contributed by atoms with Gasteiger partial charge < -0.3 is 9.73 Å². The van der Waals surface area contributed by atoms with E-state index in [9.17, 15) is 0 Å². The molecule has 1 aromatic heterocycles. The minimum Gasteiger partial charge on any atom is -0.472 e. The third-order valence-corrected chi connectivity index (χ3v) is 3.10. The predicted octanol–water partition coefficient (Wildman–Crippen LogP) is 2.59. The molecule has 2 atom stereocenters. The van der Waals surface area contributed by atoms with Crippen molar-refractivity contribution in [3.8, 4) is 0 Å². The number of hydrogen-bond donors (Lipinski definition) is 1. The molecule has 0 spiro atoms. The van der Waals surface area contributed by atoms with Crippen LogP contribution in [-0.4, -0.2) is 7.05 Å². The molecule has 2 unspecified atom stereocenters. The molecule has 1 aliphatic rings. The van der Waals surface area contributed by atoms with Gasteiger partial charge in [-0.25, -0.2) is 0 Å². The van der Waals surface area contributed by atoms with Gasteiger partial charge in [0.2, 0.25) is 0 Å². The normalized spacial score (nSPS) is 21.4. The average Bonchev–Trinajstić information content (AvgIpc) is 2.86. The summed E-state index contributed by atoms with van der Waals surface area (Å²) in [6, 6.07) is 2.52. The maximum absolute atomic E-state index is 5.11. The molecule has 0 amide bonds. The largest absolute Gasteiger partial charge is 0.472 e. The zero-order chi connectivity index (χ0) is 9.26. The highest BCUT2D eigenvalue weighted by Crippen LogP contribution is 2.42. The summed E-state index contributed by atoms with van der Waals surface area (Å²) in [7, 11) is 2.02. The SMILES string of the molecule is CNC(c1ccoc1)C(C)C1CC1. The summed E-state index contributed by atoms with van der Waals surface area (Å²) in [4.78, 5) is 0. The first-order chi connectivity index (χ1) is 6.33. The van der Waals surface area contributed by atoms with Gasteiger partial charge in [-0.15, -0.1) is 0 Å². The molecule has 0 saturated heterocycles. The van der Waals surface area contributed by atoms with E-state index in [-0.39, 0.29) is 0 Å². The van der Waals surface area contributed by atoms with Crippen LogP contribution in [0.15, 0.2) is 23.0 Å². The van der Waals surface area contributed by atoms with Crippen LogP contribution in [0, 0.1) is 11.8 Å². The molecule has 0 bridgehead atoms. The van der Waals surface area contributed by atoms with Crippen molar-refractivity contribution in [2.24, 2.45) is 11.8 Å². The topological polar surface area (TPSA) is 25.2 Å². The summed E-state index contributed by atoms with van der Waals surface area (Å²) in [5.41, 5.74) is 1.28. The molecule has 1 saturated carbocycles. The Labute approximate surface area is 79.3 Å². The van der Waals surface area contributed by atoms with Crippen LogP contribution in [0.5, 0.6) is 0 Å². The van der Waals surface area contributed by atoms with Gasteiger partial charge in [-0.1, -0.05) is 6.92 Å². The fourth-order valence-electron chi connectivity index (χ4n) is 2.08. The number of hydrogen-bond acceptors (Lipinski definition) is 2. The van der Waals surface area contributed by atoms with Crippen molar-refractivity contribution < 1.29 is 4.42 Å². The standard InChI is InChI=1S/C11H17NO/c1-8(9-3-4-9)11(12-2)10-5-6-13-7-10/h5-9,11-12H,3-4H2,1-2H3. The fraction of sp³-hybridized carbons (Fsp3) is 0.636. The first kappa shape index (κ1) is 8.82. The average molecular weight is 179 g/mol. The summed E-state index contributed by atoms with van der Waals surface area (Å²) >= 11 is 0. The fourth-order valence-corrected chi connectivity index (χ4v) is 2.08. The molecule has 0 radical (unpaired) electrons. The maximum Gasteiger partial charge on any atom is 0.0950 e. The van der Waals surface area contributed by atoms with E-state index < -0.39 is 0 Å². The van der Waals surface area contributed by atoms with Crippen molar-refractivity contribution in [1.82, 2.24) is 5.32 Å². The third-order valence-electron chi connectivity index (χ3n) is 3.10. The van der Waals surface area contributed by atoms with Gasteiger partial charge in [-0.2, -0.15) is 0 Å². The molecule has 72 valence electrons. The molecule has 0 aromatic carbocycles. The zero-order valence-corrected chi connectivity index (χ0v) is 8.29. The second kappa shape index (κ2) is 3.54. The van der Waals surface area contributed by atoms with E-state index in [0.29, 0.717) is 6.04 Å². The van der Waals surface area contributed by atoms with Crippen molar-refractivity contribution in [2.75, 3.05) is 7.05 Å². The lowest BCUT2D eigenvalue weighted by Gasteiger charge is -2.21. The molecule has 1 aromatic rings. The number of furan rings is 1. The van der Waals surface area contributed by atoms with Crippen molar-refractivity contribution in [2.45, 2.75) is 25.8 Å². The lowest BCUT2D eigenvalue weighted by molar-refractivity contribution is 0.366. The second-order valence-electron chi connectivity index (χ2n) is 4.02. The molecular formula is C11H17NO. The quantitative estimate of drug-likeness (QED) is 0.768. The minimum absolute atomic E-state index is 0.464. The zero-order valence-electron chi connectivity index (χ0n) is 8.29. The molecule has 13 heavy (non-hydrogen) atoms. The lowest BCUT2D eigenvalue weighted by Crippen LogP contribution is -2.24. The highest BCUT2D eigenvalue weighted by molar-refractivity contribution is 5.13.